The Balaban J connectivity index is 1.97. The maximum absolute atomic E-state index is 12.5. The number of rotatable bonds is 6. The van der Waals surface area contributed by atoms with Gasteiger partial charge in [-0.15, -0.1) is 5.10 Å². The van der Waals surface area contributed by atoms with E-state index in [1.165, 1.54) is 0 Å². The molecule has 1 aromatic carbocycles. The monoisotopic (exact) mass is 349 g/mol. The second-order valence-electron chi connectivity index (χ2n) is 4.98. The summed E-state index contributed by atoms with van der Waals surface area (Å²) in [6, 6.07) is 9.03. The fourth-order valence-corrected chi connectivity index (χ4v) is 3.17. The van der Waals surface area contributed by atoms with Crippen molar-refractivity contribution in [2.45, 2.75) is 11.6 Å². The van der Waals surface area contributed by atoms with Gasteiger partial charge in [-0.2, -0.15) is 18.7 Å². The highest BCUT2D eigenvalue weighted by atomic mass is 32.2. The number of hydrogen-bond donors (Lipinski definition) is 2. The van der Waals surface area contributed by atoms with Crippen LogP contribution >= 0.6 is 0 Å². The molecule has 0 atom stereocenters. The highest BCUT2D eigenvalue weighted by Gasteiger charge is 2.24. The zero-order chi connectivity index (χ0) is 17.2. The van der Waals surface area contributed by atoms with Gasteiger partial charge in [0, 0.05) is 24.6 Å². The number of carbonyl (C=O) groups is 1. The van der Waals surface area contributed by atoms with Gasteiger partial charge in [0.15, 0.2) is 0 Å². The number of aromatic amines is 1. The molecule has 2 heterocycles. The lowest BCUT2D eigenvalue weighted by Gasteiger charge is -2.10. The molecule has 3 aromatic rings. The number of amides is 1. The van der Waals surface area contributed by atoms with Gasteiger partial charge >= 0.3 is 0 Å². The first-order valence-corrected chi connectivity index (χ1v) is 8.51. The van der Waals surface area contributed by atoms with Gasteiger partial charge < -0.3 is 9.30 Å². The lowest BCUT2D eigenvalue weighted by atomic mass is 10.2. The Hall–Kier alpha value is -2.72. The number of aromatic nitrogens is 4. The van der Waals surface area contributed by atoms with Crippen molar-refractivity contribution in [1.82, 2.24) is 24.7 Å². The smallest absolute Gasteiger partial charge is 0.285 e. The van der Waals surface area contributed by atoms with E-state index in [1.807, 2.05) is 29.0 Å². The Morgan fingerprint density at radius 3 is 2.88 bits per heavy atom. The van der Waals surface area contributed by atoms with Gasteiger partial charge in [-0.1, -0.05) is 18.2 Å². The third-order valence-electron chi connectivity index (χ3n) is 3.46. The average Bonchev–Trinajstić information content (AvgIpc) is 3.21. The first-order chi connectivity index (χ1) is 11.5. The van der Waals surface area contributed by atoms with Crippen LogP contribution in [0.3, 0.4) is 0 Å². The number of fused-ring (bicyclic) bond motifs is 1. The predicted molar refractivity (Wildman–Crippen MR) is 84.8 cm³/mol. The van der Waals surface area contributed by atoms with Crippen molar-refractivity contribution < 1.29 is 17.9 Å². The summed E-state index contributed by atoms with van der Waals surface area (Å²) in [5.74, 6) is -0.745. The molecular formula is C14H15N5O4S. The number of benzene rings is 1. The topological polar surface area (TPSA) is 119 Å². The van der Waals surface area contributed by atoms with E-state index in [0.717, 1.165) is 17.1 Å². The van der Waals surface area contributed by atoms with E-state index < -0.39 is 15.9 Å². The standard InChI is InChI=1S/C14H15N5O4S/c1-23-7-6-19-11-5-3-2-4-10(11)8-12(19)14(20)17-24(21,22)13-9-15-18-16-13/h2-5,8-9H,6-7H2,1H3,(H,17,20)(H,15,16,18). The van der Waals surface area contributed by atoms with E-state index >= 15 is 0 Å². The normalized spacial score (nSPS) is 11.7. The number of nitrogens with one attached hydrogen (secondary N) is 2. The molecule has 10 heteroatoms. The second kappa shape index (κ2) is 6.42. The SMILES string of the molecule is COCCn1c(C(=O)NS(=O)(=O)c2cn[nH]n2)cc2ccccc21. The average molecular weight is 349 g/mol. The number of methoxy groups -OCH3 is 1. The summed E-state index contributed by atoms with van der Waals surface area (Å²) in [6.45, 7) is 0.797. The number of nitrogens with zero attached hydrogens (tertiary/aromatic N) is 3. The van der Waals surface area contributed by atoms with Crippen molar-refractivity contribution >= 4 is 26.8 Å². The number of carbonyl (C=O) groups excluding carboxylic acids is 1. The number of hydrogen-bond acceptors (Lipinski definition) is 6. The molecule has 0 radical (unpaired) electrons. The quantitative estimate of drug-likeness (QED) is 0.670. The van der Waals surface area contributed by atoms with Crippen LogP contribution in [0, 0.1) is 0 Å². The number of ether oxygens (including phenoxy) is 1. The molecule has 24 heavy (non-hydrogen) atoms. The molecule has 9 nitrogen and oxygen atoms in total. The summed E-state index contributed by atoms with van der Waals surface area (Å²) >= 11 is 0. The Labute approximate surface area is 137 Å². The minimum absolute atomic E-state index is 0.223. The number of para-hydroxylation sites is 1. The van der Waals surface area contributed by atoms with Crippen LogP contribution in [-0.2, 0) is 21.3 Å². The maximum atomic E-state index is 12.5. The van der Waals surface area contributed by atoms with Gasteiger partial charge in [-0.05, 0) is 12.1 Å². The Morgan fingerprint density at radius 1 is 1.38 bits per heavy atom. The molecular weight excluding hydrogens is 334 g/mol. The van der Waals surface area contributed by atoms with Crippen molar-refractivity contribution in [3.63, 3.8) is 0 Å². The Kier molecular flexibility index (Phi) is 4.32. The highest BCUT2D eigenvalue weighted by Crippen LogP contribution is 2.20. The van der Waals surface area contributed by atoms with Crippen LogP contribution in [0.5, 0.6) is 0 Å². The molecule has 2 N–H and O–H groups in total. The van der Waals surface area contributed by atoms with E-state index in [9.17, 15) is 13.2 Å². The summed E-state index contributed by atoms with van der Waals surface area (Å²) in [5, 5.41) is 9.59. The molecule has 1 amide bonds. The summed E-state index contributed by atoms with van der Waals surface area (Å²) in [6.07, 6.45) is 1.02. The summed E-state index contributed by atoms with van der Waals surface area (Å²) in [4.78, 5) is 12.5. The molecule has 126 valence electrons. The van der Waals surface area contributed by atoms with E-state index in [4.69, 9.17) is 4.74 Å². The van der Waals surface area contributed by atoms with Crippen LogP contribution in [0.4, 0.5) is 0 Å². The van der Waals surface area contributed by atoms with Gasteiger partial charge in [0.05, 0.1) is 12.8 Å². The van der Waals surface area contributed by atoms with Gasteiger partial charge in [-0.3, -0.25) is 4.79 Å². The van der Waals surface area contributed by atoms with Crippen LogP contribution in [0.25, 0.3) is 10.9 Å². The molecule has 0 aliphatic rings. The van der Waals surface area contributed by atoms with E-state index in [1.54, 1.807) is 17.7 Å². The summed E-state index contributed by atoms with van der Waals surface area (Å²) < 4.78 is 33.0. The Bertz CT molecular complexity index is 962. The minimum Gasteiger partial charge on any atom is -0.383 e. The molecule has 0 aliphatic carbocycles. The van der Waals surface area contributed by atoms with Crippen LogP contribution < -0.4 is 4.72 Å². The molecule has 3 rings (SSSR count). The van der Waals surface area contributed by atoms with E-state index in [-0.39, 0.29) is 10.7 Å². The van der Waals surface area contributed by atoms with Crippen LogP contribution in [-0.4, -0.2) is 48.0 Å². The first kappa shape index (κ1) is 16.1. The lowest BCUT2D eigenvalue weighted by Crippen LogP contribution is -2.32. The summed E-state index contributed by atoms with van der Waals surface area (Å²) in [7, 11) is -2.53. The van der Waals surface area contributed by atoms with Crippen molar-refractivity contribution in [3.8, 4) is 0 Å². The van der Waals surface area contributed by atoms with Crippen molar-refractivity contribution in [3.05, 3.63) is 42.2 Å². The van der Waals surface area contributed by atoms with Crippen molar-refractivity contribution in [1.29, 1.82) is 0 Å². The molecule has 0 unspecified atom stereocenters. The summed E-state index contributed by atoms with van der Waals surface area (Å²) in [5.41, 5.74) is 1.04. The number of sulfonamides is 1. The second-order valence-corrected chi connectivity index (χ2v) is 6.60. The minimum atomic E-state index is -4.09. The molecule has 0 spiro atoms. The van der Waals surface area contributed by atoms with Gasteiger partial charge in [0.1, 0.15) is 5.69 Å². The third-order valence-corrected chi connectivity index (χ3v) is 4.66. The van der Waals surface area contributed by atoms with Crippen LogP contribution in [0.1, 0.15) is 10.5 Å². The third kappa shape index (κ3) is 3.01. The molecule has 2 aromatic heterocycles. The largest absolute Gasteiger partial charge is 0.383 e. The zero-order valence-electron chi connectivity index (χ0n) is 12.8. The van der Waals surface area contributed by atoms with Crippen LogP contribution in [0.15, 0.2) is 41.6 Å². The van der Waals surface area contributed by atoms with Gasteiger partial charge in [-0.25, -0.2) is 4.72 Å². The highest BCUT2D eigenvalue weighted by molar-refractivity contribution is 7.90. The predicted octanol–water partition coefficient (Wildman–Crippen LogP) is 0.525. The zero-order valence-corrected chi connectivity index (χ0v) is 13.6. The number of H-pyrrole nitrogens is 1. The lowest BCUT2D eigenvalue weighted by molar-refractivity contribution is 0.0970. The van der Waals surface area contributed by atoms with Crippen LogP contribution in [0.2, 0.25) is 0 Å². The van der Waals surface area contributed by atoms with Gasteiger partial charge in [0.25, 0.3) is 15.9 Å². The first-order valence-electron chi connectivity index (χ1n) is 7.03. The van der Waals surface area contributed by atoms with Crippen molar-refractivity contribution in [2.24, 2.45) is 0 Å². The fourth-order valence-electron chi connectivity index (χ4n) is 2.37. The molecule has 0 aliphatic heterocycles. The van der Waals surface area contributed by atoms with E-state index in [0.29, 0.717) is 13.2 Å². The maximum Gasteiger partial charge on any atom is 0.285 e. The molecule has 0 saturated carbocycles. The fraction of sp³-hybridized carbons (Fsp3) is 0.214. The molecule has 0 bridgehead atoms. The van der Waals surface area contributed by atoms with Crippen molar-refractivity contribution in [2.75, 3.05) is 13.7 Å². The molecule has 0 fully saturated rings. The van der Waals surface area contributed by atoms with E-state index in [2.05, 4.69) is 15.4 Å². The Morgan fingerprint density at radius 2 is 2.17 bits per heavy atom. The van der Waals surface area contributed by atoms with Gasteiger partial charge in [0.2, 0.25) is 5.03 Å². The molecule has 0 saturated heterocycles.